The van der Waals surface area contributed by atoms with Crippen LogP contribution < -0.4 is 0 Å². The predicted octanol–water partition coefficient (Wildman–Crippen LogP) is 3.50. The van der Waals surface area contributed by atoms with Crippen LogP contribution in [0.25, 0.3) is 0 Å². The van der Waals surface area contributed by atoms with Crippen LogP contribution >= 0.6 is 11.5 Å². The molecule has 0 unspecified atom stereocenters. The van der Waals surface area contributed by atoms with E-state index in [2.05, 4.69) is 4.37 Å². The van der Waals surface area contributed by atoms with Gasteiger partial charge in [-0.1, -0.05) is 13.8 Å². The number of rotatable bonds is 4. The van der Waals surface area contributed by atoms with Crippen LogP contribution in [-0.4, -0.2) is 33.9 Å². The molecule has 0 spiro atoms. The number of carbonyl (C=O) groups excluding carboxylic acids is 1. The van der Waals surface area contributed by atoms with Gasteiger partial charge >= 0.3 is 6.18 Å². The summed E-state index contributed by atoms with van der Waals surface area (Å²) in [6, 6.07) is -0.492. The molecule has 0 saturated carbocycles. The number of halogens is 3. The Hall–Kier alpha value is -1.11. The van der Waals surface area contributed by atoms with Crippen molar-refractivity contribution in [2.45, 2.75) is 39.9 Å². The molecule has 1 rings (SSSR count). The van der Waals surface area contributed by atoms with Crippen molar-refractivity contribution >= 4 is 17.4 Å². The maximum atomic E-state index is 12.6. The van der Waals surface area contributed by atoms with Gasteiger partial charge in [-0.2, -0.15) is 17.5 Å². The van der Waals surface area contributed by atoms with E-state index in [-0.39, 0.29) is 11.5 Å². The van der Waals surface area contributed by atoms with Crippen molar-refractivity contribution in [2.75, 3.05) is 6.54 Å². The average molecular weight is 294 g/mol. The standard InChI is InChI=1S/C12H17F3N2OS/c1-7(2)9(4)17(6-12(13,14)15)11(18)10-5-19-16-8(10)3/h5,7,9H,6H2,1-4H3/t9-/m0/s1. The van der Waals surface area contributed by atoms with Crippen molar-refractivity contribution in [3.63, 3.8) is 0 Å². The molecule has 0 bridgehead atoms. The Morgan fingerprint density at radius 3 is 2.37 bits per heavy atom. The summed E-state index contributed by atoms with van der Waals surface area (Å²) in [7, 11) is 0. The number of amides is 1. The van der Waals surface area contributed by atoms with Crippen LogP contribution in [0.15, 0.2) is 5.38 Å². The number of hydrogen-bond acceptors (Lipinski definition) is 3. The van der Waals surface area contributed by atoms with Gasteiger partial charge in [-0.25, -0.2) is 0 Å². The average Bonchev–Trinajstić information content (AvgIpc) is 2.69. The highest BCUT2D eigenvalue weighted by Gasteiger charge is 2.37. The molecule has 1 heterocycles. The van der Waals surface area contributed by atoms with Gasteiger partial charge in [0.05, 0.1) is 11.3 Å². The van der Waals surface area contributed by atoms with E-state index in [0.29, 0.717) is 5.69 Å². The van der Waals surface area contributed by atoms with Gasteiger partial charge in [0.25, 0.3) is 5.91 Å². The van der Waals surface area contributed by atoms with Gasteiger partial charge in [-0.15, -0.1) is 0 Å². The zero-order valence-corrected chi connectivity index (χ0v) is 12.1. The Kier molecular flexibility index (Phi) is 4.95. The van der Waals surface area contributed by atoms with E-state index in [1.165, 1.54) is 5.38 Å². The monoisotopic (exact) mass is 294 g/mol. The third-order valence-electron chi connectivity index (χ3n) is 3.05. The third-order valence-corrected chi connectivity index (χ3v) is 3.77. The number of aryl methyl sites for hydroxylation is 1. The maximum Gasteiger partial charge on any atom is 0.406 e. The van der Waals surface area contributed by atoms with Crippen molar-refractivity contribution in [3.8, 4) is 0 Å². The molecule has 0 aromatic carbocycles. The second kappa shape index (κ2) is 5.90. The summed E-state index contributed by atoms with van der Waals surface area (Å²) < 4.78 is 41.8. The lowest BCUT2D eigenvalue weighted by Gasteiger charge is -2.32. The van der Waals surface area contributed by atoms with E-state index in [0.717, 1.165) is 16.4 Å². The van der Waals surface area contributed by atoms with Crippen LogP contribution in [0.1, 0.15) is 36.8 Å². The van der Waals surface area contributed by atoms with Gasteiger partial charge < -0.3 is 4.90 Å². The quantitative estimate of drug-likeness (QED) is 0.851. The molecule has 19 heavy (non-hydrogen) atoms. The molecular formula is C12H17F3N2OS. The predicted molar refractivity (Wildman–Crippen MR) is 68.2 cm³/mol. The first-order valence-corrected chi connectivity index (χ1v) is 6.76. The van der Waals surface area contributed by atoms with Crippen molar-refractivity contribution in [3.05, 3.63) is 16.6 Å². The number of hydrogen-bond donors (Lipinski definition) is 0. The zero-order chi connectivity index (χ0) is 14.8. The molecule has 7 heteroatoms. The van der Waals surface area contributed by atoms with Gasteiger partial charge in [0, 0.05) is 11.4 Å². The lowest BCUT2D eigenvalue weighted by Crippen LogP contribution is -2.46. The maximum absolute atomic E-state index is 12.6. The molecule has 0 saturated heterocycles. The van der Waals surface area contributed by atoms with E-state index in [9.17, 15) is 18.0 Å². The van der Waals surface area contributed by atoms with Crippen LogP contribution in [-0.2, 0) is 0 Å². The second-order valence-corrected chi connectivity index (χ2v) is 5.48. The number of nitrogens with zero attached hydrogens (tertiary/aromatic N) is 2. The summed E-state index contributed by atoms with van der Waals surface area (Å²) in [5.74, 6) is -0.664. The van der Waals surface area contributed by atoms with Crippen LogP contribution in [0.4, 0.5) is 13.2 Å². The molecule has 1 atom stereocenters. The number of alkyl halides is 3. The lowest BCUT2D eigenvalue weighted by molar-refractivity contribution is -0.145. The van der Waals surface area contributed by atoms with E-state index < -0.39 is 24.7 Å². The van der Waals surface area contributed by atoms with Crippen molar-refractivity contribution in [1.29, 1.82) is 0 Å². The summed E-state index contributed by atoms with van der Waals surface area (Å²) in [5.41, 5.74) is 0.722. The SMILES string of the molecule is Cc1nscc1C(=O)N(CC(F)(F)F)[C@@H](C)C(C)C. The van der Waals surface area contributed by atoms with Crippen molar-refractivity contribution in [2.24, 2.45) is 5.92 Å². The van der Waals surface area contributed by atoms with Gasteiger partial charge in [-0.05, 0) is 31.3 Å². The molecular weight excluding hydrogens is 277 g/mol. The van der Waals surface area contributed by atoms with Crippen LogP contribution in [0.3, 0.4) is 0 Å². The normalized spacial score (nSPS) is 13.7. The summed E-state index contributed by atoms with van der Waals surface area (Å²) in [6.07, 6.45) is -4.41. The highest BCUT2D eigenvalue weighted by atomic mass is 32.1. The zero-order valence-electron chi connectivity index (χ0n) is 11.3. The molecule has 1 aromatic heterocycles. The van der Waals surface area contributed by atoms with Crippen molar-refractivity contribution < 1.29 is 18.0 Å². The fraction of sp³-hybridized carbons (Fsp3) is 0.667. The topological polar surface area (TPSA) is 33.2 Å². The first kappa shape index (κ1) is 15.9. The Morgan fingerprint density at radius 1 is 1.42 bits per heavy atom. The van der Waals surface area contributed by atoms with Crippen LogP contribution in [0.5, 0.6) is 0 Å². The molecule has 0 fully saturated rings. The molecule has 3 nitrogen and oxygen atoms in total. The summed E-state index contributed by atoms with van der Waals surface area (Å²) in [5, 5.41) is 1.49. The highest BCUT2D eigenvalue weighted by molar-refractivity contribution is 7.03. The lowest BCUT2D eigenvalue weighted by atomic mass is 10.0. The first-order valence-electron chi connectivity index (χ1n) is 5.92. The van der Waals surface area contributed by atoms with Gasteiger partial charge in [0.15, 0.2) is 0 Å². The van der Waals surface area contributed by atoms with Crippen molar-refractivity contribution in [1.82, 2.24) is 9.27 Å². The number of carbonyl (C=O) groups is 1. The Bertz CT molecular complexity index is 442. The van der Waals surface area contributed by atoms with Gasteiger partial charge in [0.2, 0.25) is 0 Å². The Morgan fingerprint density at radius 2 is 2.00 bits per heavy atom. The summed E-state index contributed by atoms with van der Waals surface area (Å²) in [6.45, 7) is 5.60. The van der Waals surface area contributed by atoms with Gasteiger partial charge in [0.1, 0.15) is 6.54 Å². The largest absolute Gasteiger partial charge is 0.406 e. The fourth-order valence-corrected chi connectivity index (χ4v) is 2.29. The minimum atomic E-state index is -4.41. The van der Waals surface area contributed by atoms with E-state index in [4.69, 9.17) is 0 Å². The molecule has 1 amide bonds. The molecule has 0 aliphatic heterocycles. The minimum absolute atomic E-state index is 0.0572. The van der Waals surface area contributed by atoms with E-state index in [1.54, 1.807) is 27.7 Å². The summed E-state index contributed by atoms with van der Waals surface area (Å²) >= 11 is 1.07. The third kappa shape index (κ3) is 4.19. The molecule has 0 N–H and O–H groups in total. The smallest absolute Gasteiger partial charge is 0.326 e. The molecule has 108 valence electrons. The molecule has 1 aromatic rings. The van der Waals surface area contributed by atoms with Crippen LogP contribution in [0.2, 0.25) is 0 Å². The first-order chi connectivity index (χ1) is 8.63. The Labute approximate surface area is 114 Å². The molecule has 0 radical (unpaired) electrons. The molecule has 0 aliphatic rings. The Balaban J connectivity index is 3.03. The second-order valence-electron chi connectivity index (χ2n) is 4.85. The van der Waals surface area contributed by atoms with Gasteiger partial charge in [-0.3, -0.25) is 4.79 Å². The minimum Gasteiger partial charge on any atom is -0.326 e. The highest BCUT2D eigenvalue weighted by Crippen LogP contribution is 2.23. The molecule has 0 aliphatic carbocycles. The fourth-order valence-electron chi connectivity index (χ4n) is 1.61. The number of aromatic nitrogens is 1. The van der Waals surface area contributed by atoms with E-state index in [1.807, 2.05) is 0 Å². The summed E-state index contributed by atoms with van der Waals surface area (Å²) in [4.78, 5) is 13.1. The van der Waals surface area contributed by atoms with E-state index >= 15 is 0 Å². The van der Waals surface area contributed by atoms with Crippen LogP contribution in [0, 0.1) is 12.8 Å².